The van der Waals surface area contributed by atoms with E-state index in [0.29, 0.717) is 16.9 Å². The van der Waals surface area contributed by atoms with Crippen LogP contribution in [-0.4, -0.2) is 81.5 Å². The van der Waals surface area contributed by atoms with Gasteiger partial charge in [-0.25, -0.2) is 0 Å². The Kier molecular flexibility index (Phi) is 13.6. The van der Waals surface area contributed by atoms with E-state index >= 15 is 0 Å². The van der Waals surface area contributed by atoms with Crippen LogP contribution in [0.1, 0.15) is 72.8 Å². The second kappa shape index (κ2) is 16.6. The first-order valence-corrected chi connectivity index (χ1v) is 14.5. The second-order valence-electron chi connectivity index (χ2n) is 10.7. The number of likely N-dealkylation sites (tertiary alicyclic amines) is 1. The number of carbonyl (C=O) groups is 4. The Morgan fingerprint density at radius 2 is 1.79 bits per heavy atom. The Morgan fingerprint density at radius 3 is 2.33 bits per heavy atom. The predicted molar refractivity (Wildman–Crippen MR) is 157 cm³/mol. The summed E-state index contributed by atoms with van der Waals surface area (Å²) in [5, 5.41) is 18.4. The predicted octanol–water partition coefficient (Wildman–Crippen LogP) is 3.25. The van der Waals surface area contributed by atoms with Crippen LogP contribution < -0.4 is 15.4 Å². The van der Waals surface area contributed by atoms with Crippen molar-refractivity contribution in [1.29, 1.82) is 0 Å². The number of methoxy groups -OCH3 is 1. The fraction of sp³-hybridized carbons (Fsp3) is 0.600. The second-order valence-corrected chi connectivity index (χ2v) is 10.7. The minimum atomic E-state index is -1.21. The molecule has 1 saturated heterocycles. The lowest BCUT2D eigenvalue weighted by Crippen LogP contribution is -2.56. The fourth-order valence-corrected chi connectivity index (χ4v) is 5.04. The maximum atomic E-state index is 13.3. The number of amides is 2. The van der Waals surface area contributed by atoms with Crippen molar-refractivity contribution in [3.8, 4) is 17.2 Å². The van der Waals surface area contributed by atoms with Crippen molar-refractivity contribution >= 4 is 23.6 Å². The third-order valence-corrected chi connectivity index (χ3v) is 7.30. The third kappa shape index (κ3) is 9.64. The van der Waals surface area contributed by atoms with Gasteiger partial charge in [-0.1, -0.05) is 39.3 Å². The molecule has 232 valence electrons. The Morgan fingerprint density at radius 1 is 1.12 bits per heavy atom. The van der Waals surface area contributed by atoms with E-state index in [0.717, 1.165) is 19.3 Å². The van der Waals surface area contributed by atoms with Crippen LogP contribution in [0.5, 0.6) is 5.75 Å². The monoisotopic (exact) mass is 587 g/mol. The van der Waals surface area contributed by atoms with E-state index in [9.17, 15) is 24.3 Å². The summed E-state index contributed by atoms with van der Waals surface area (Å²) in [4.78, 5) is 57.2. The van der Waals surface area contributed by atoms with E-state index in [1.165, 1.54) is 13.4 Å². The molecule has 1 aliphatic heterocycles. The molecule has 42 heavy (non-hydrogen) atoms. The molecule has 12 heteroatoms. The molecule has 4 atom stereocenters. The Bertz CT molecular complexity index is 1170. The summed E-state index contributed by atoms with van der Waals surface area (Å²) >= 11 is 0. The molecule has 2 heterocycles. The number of Topliss-reactive ketones (excluding diaryl/α,β-unsaturated/α-hetero) is 1. The van der Waals surface area contributed by atoms with Crippen LogP contribution in [0, 0.1) is 5.92 Å². The molecule has 1 aliphatic rings. The maximum Gasteiger partial charge on any atom is 0.305 e. The molecule has 0 saturated carbocycles. The maximum absolute atomic E-state index is 13.3. The number of carbonyl (C=O) groups excluding carboxylic acids is 3. The third-order valence-electron chi connectivity index (χ3n) is 7.30. The topological polar surface area (TPSA) is 164 Å². The number of rotatable bonds is 13. The molecule has 0 spiro atoms. The Balaban J connectivity index is 0.00000301. The van der Waals surface area contributed by atoms with Crippen molar-refractivity contribution in [2.75, 3.05) is 13.7 Å². The van der Waals surface area contributed by atoms with Crippen molar-refractivity contribution in [3.63, 3.8) is 0 Å². The van der Waals surface area contributed by atoms with Crippen molar-refractivity contribution < 1.29 is 33.5 Å². The van der Waals surface area contributed by atoms with Gasteiger partial charge in [-0.15, -0.1) is 0 Å². The molecule has 3 N–H and O–H groups in total. The highest BCUT2D eigenvalue weighted by Gasteiger charge is 2.33. The molecule has 0 radical (unpaired) electrons. The van der Waals surface area contributed by atoms with Gasteiger partial charge in [0.1, 0.15) is 11.8 Å². The quantitative estimate of drug-likeness (QED) is 0.317. The van der Waals surface area contributed by atoms with Crippen molar-refractivity contribution in [2.24, 2.45) is 5.92 Å². The molecule has 12 nitrogen and oxygen atoms in total. The lowest BCUT2D eigenvalue weighted by molar-refractivity contribution is -0.141. The van der Waals surface area contributed by atoms with E-state index in [4.69, 9.17) is 9.26 Å². The van der Waals surface area contributed by atoms with Crippen LogP contribution in [0.4, 0.5) is 0 Å². The van der Waals surface area contributed by atoms with Crippen LogP contribution in [0.2, 0.25) is 0 Å². The van der Waals surface area contributed by atoms with Crippen LogP contribution in [0.3, 0.4) is 0 Å². The minimum Gasteiger partial charge on any atom is -0.496 e. The summed E-state index contributed by atoms with van der Waals surface area (Å²) in [5.74, 6) is -2.22. The van der Waals surface area contributed by atoms with Crippen molar-refractivity contribution in [3.05, 3.63) is 30.1 Å². The van der Waals surface area contributed by atoms with Gasteiger partial charge in [-0.2, -0.15) is 4.98 Å². The number of carboxylic acid groups (broad SMARTS) is 1. The van der Waals surface area contributed by atoms with Crippen LogP contribution in [0.25, 0.3) is 11.5 Å². The van der Waals surface area contributed by atoms with Gasteiger partial charge in [-0.05, 0) is 50.8 Å². The summed E-state index contributed by atoms with van der Waals surface area (Å²) in [7, 11) is 1.48. The highest BCUT2D eigenvalue weighted by atomic mass is 16.5. The van der Waals surface area contributed by atoms with Crippen molar-refractivity contribution in [2.45, 2.75) is 97.8 Å². The minimum absolute atomic E-state index is 0.0510. The zero-order valence-electron chi connectivity index (χ0n) is 25.7. The molecule has 2 aromatic rings. The number of carboxylic acids is 1. The number of ketones is 1. The van der Waals surface area contributed by atoms with E-state index in [1.807, 2.05) is 27.7 Å². The van der Waals surface area contributed by atoms with Gasteiger partial charge in [0.25, 0.3) is 5.89 Å². The number of ether oxygens (including phenoxy) is 1. The number of hydrogen-bond donors (Lipinski definition) is 3. The summed E-state index contributed by atoms with van der Waals surface area (Å²) in [6, 6.07) is 3.27. The number of aliphatic carboxylic acids is 1. The molecule has 2 amide bonds. The van der Waals surface area contributed by atoms with Gasteiger partial charge in [-0.3, -0.25) is 24.1 Å². The van der Waals surface area contributed by atoms with E-state index in [1.54, 1.807) is 32.0 Å². The standard InChI is InChI=1S/C28H39N5O7.C2H6/c1-16(2)26(32-24(35)12-20-11-19(9-10-23(20)39-5)28-29-15-30-40-28)27(38)31-21(13-25(36)37)22(34)14-33-17(3)7-6-8-18(33)4;1-2/h9-11,15-18,21,26H,6-8,12-14H2,1-5H3,(H,31,38)(H,32,35)(H,36,37);1-2H3. The average molecular weight is 588 g/mol. The van der Waals surface area contributed by atoms with Gasteiger partial charge in [0.05, 0.1) is 32.5 Å². The molecular weight excluding hydrogens is 542 g/mol. The first kappa shape index (κ1) is 34.4. The van der Waals surface area contributed by atoms with E-state index < -0.39 is 36.3 Å². The Hall–Kier alpha value is -3.80. The van der Waals surface area contributed by atoms with E-state index in [-0.39, 0.29) is 42.6 Å². The molecule has 1 fully saturated rings. The highest BCUT2D eigenvalue weighted by molar-refractivity contribution is 5.95. The fourth-order valence-electron chi connectivity index (χ4n) is 5.04. The average Bonchev–Trinajstić information content (AvgIpc) is 3.49. The molecule has 3 rings (SSSR count). The first-order chi connectivity index (χ1) is 20.0. The zero-order chi connectivity index (χ0) is 31.4. The van der Waals surface area contributed by atoms with Gasteiger partial charge in [0.15, 0.2) is 12.1 Å². The smallest absolute Gasteiger partial charge is 0.305 e. The van der Waals surface area contributed by atoms with Gasteiger partial charge >= 0.3 is 5.97 Å². The van der Waals surface area contributed by atoms with E-state index in [2.05, 4.69) is 25.7 Å². The lowest BCUT2D eigenvalue weighted by Gasteiger charge is -2.39. The van der Waals surface area contributed by atoms with Crippen molar-refractivity contribution in [1.82, 2.24) is 25.7 Å². The van der Waals surface area contributed by atoms with Gasteiger partial charge in [0, 0.05) is 23.2 Å². The number of benzene rings is 1. The van der Waals surface area contributed by atoms with Crippen LogP contribution in [0.15, 0.2) is 29.0 Å². The first-order valence-electron chi connectivity index (χ1n) is 14.5. The highest BCUT2D eigenvalue weighted by Crippen LogP contribution is 2.26. The number of nitrogens with zero attached hydrogens (tertiary/aromatic N) is 3. The lowest BCUT2D eigenvalue weighted by atomic mass is 9.96. The molecule has 1 aromatic heterocycles. The zero-order valence-corrected chi connectivity index (χ0v) is 25.7. The van der Waals surface area contributed by atoms with Crippen LogP contribution >= 0.6 is 0 Å². The summed E-state index contributed by atoms with van der Waals surface area (Å²) in [6.07, 6.45) is 3.61. The van der Waals surface area contributed by atoms with Gasteiger partial charge in [0.2, 0.25) is 11.8 Å². The summed E-state index contributed by atoms with van der Waals surface area (Å²) in [5.41, 5.74) is 1.15. The largest absolute Gasteiger partial charge is 0.496 e. The number of aromatic nitrogens is 2. The SMILES string of the molecule is CC.COc1ccc(-c2ncno2)cc1CC(=O)NC(C(=O)NC(CC(=O)O)C(=O)CN1C(C)CCCC1C)C(C)C. The molecule has 4 unspecified atom stereocenters. The number of piperidine rings is 1. The van der Waals surface area contributed by atoms with Gasteiger partial charge < -0.3 is 25.0 Å². The normalized spacial score (nSPS) is 18.3. The molecule has 0 bridgehead atoms. The summed E-state index contributed by atoms with van der Waals surface area (Å²) in [6.45, 7) is 11.7. The number of nitrogens with one attached hydrogen (secondary N) is 2. The molecule has 1 aromatic carbocycles. The van der Waals surface area contributed by atoms with Crippen LogP contribution in [-0.2, 0) is 25.6 Å². The summed E-state index contributed by atoms with van der Waals surface area (Å²) < 4.78 is 10.5. The Labute approximate surface area is 247 Å². The number of hydrogen-bond acceptors (Lipinski definition) is 9. The molecular formula is C30H45N5O7. The molecule has 0 aliphatic carbocycles.